The number of amides is 1. The molecule has 1 unspecified atom stereocenters. The molecular weight excluding hydrogens is 348 g/mol. The van der Waals surface area contributed by atoms with Gasteiger partial charge in [0.15, 0.2) is 0 Å². The molecule has 1 amide bonds. The van der Waals surface area contributed by atoms with Crippen LogP contribution in [0.25, 0.3) is 0 Å². The van der Waals surface area contributed by atoms with Gasteiger partial charge in [-0.05, 0) is 31.2 Å². The Morgan fingerprint density at radius 1 is 1.00 bits per heavy atom. The number of benzene rings is 1. The second-order valence-electron chi connectivity index (χ2n) is 8.14. The minimum atomic E-state index is -3.14. The van der Waals surface area contributed by atoms with Gasteiger partial charge in [0, 0.05) is 19.1 Å². The maximum atomic E-state index is 13.3. The number of sulfonamides is 1. The Hall–Kier alpha value is -1.40. The highest BCUT2D eigenvalue weighted by atomic mass is 32.2. The van der Waals surface area contributed by atoms with E-state index >= 15 is 0 Å². The Labute approximate surface area is 156 Å². The van der Waals surface area contributed by atoms with Crippen molar-refractivity contribution in [1.29, 1.82) is 0 Å². The molecule has 0 bridgehead atoms. The number of carbonyl (C=O) groups excluding carboxylic acids is 1. The molecule has 5 nitrogen and oxygen atoms in total. The van der Waals surface area contributed by atoms with E-state index in [1.54, 1.807) is 4.31 Å². The van der Waals surface area contributed by atoms with Gasteiger partial charge in [-0.25, -0.2) is 12.7 Å². The van der Waals surface area contributed by atoms with Crippen LogP contribution in [0.4, 0.5) is 0 Å². The van der Waals surface area contributed by atoms with E-state index in [-0.39, 0.29) is 17.5 Å². The Kier molecular flexibility index (Phi) is 4.59. The summed E-state index contributed by atoms with van der Waals surface area (Å²) in [6.45, 7) is 1.03. The predicted octanol–water partition coefficient (Wildman–Crippen LogP) is 2.94. The van der Waals surface area contributed by atoms with Crippen molar-refractivity contribution in [2.45, 2.75) is 57.0 Å². The van der Waals surface area contributed by atoms with Crippen LogP contribution in [0.5, 0.6) is 0 Å². The molecule has 4 rings (SSSR count). The van der Waals surface area contributed by atoms with Gasteiger partial charge in [0.1, 0.15) is 0 Å². The summed E-state index contributed by atoms with van der Waals surface area (Å²) in [6.07, 6.45) is 8.21. The lowest BCUT2D eigenvalue weighted by Gasteiger charge is -2.61. The normalized spacial score (nSPS) is 27.5. The van der Waals surface area contributed by atoms with Crippen molar-refractivity contribution in [1.82, 2.24) is 9.21 Å². The number of carbonyl (C=O) groups is 1. The van der Waals surface area contributed by atoms with Crippen molar-refractivity contribution in [2.24, 2.45) is 5.41 Å². The molecule has 0 aromatic heterocycles. The maximum absolute atomic E-state index is 13.3. The van der Waals surface area contributed by atoms with Crippen molar-refractivity contribution in [2.75, 3.05) is 19.3 Å². The zero-order valence-electron chi connectivity index (χ0n) is 15.4. The molecule has 1 atom stereocenters. The van der Waals surface area contributed by atoms with Crippen LogP contribution < -0.4 is 0 Å². The van der Waals surface area contributed by atoms with E-state index in [0.29, 0.717) is 19.0 Å². The molecule has 1 aromatic carbocycles. The van der Waals surface area contributed by atoms with E-state index < -0.39 is 10.0 Å². The van der Waals surface area contributed by atoms with Crippen LogP contribution >= 0.6 is 0 Å². The monoisotopic (exact) mass is 376 g/mol. The van der Waals surface area contributed by atoms with Crippen molar-refractivity contribution in [3.05, 3.63) is 35.9 Å². The second kappa shape index (κ2) is 6.64. The number of hydrogen-bond acceptors (Lipinski definition) is 3. The molecule has 1 spiro atoms. The Bertz CT molecular complexity index is 764. The Morgan fingerprint density at radius 3 is 2.19 bits per heavy atom. The highest BCUT2D eigenvalue weighted by Gasteiger charge is 2.62. The van der Waals surface area contributed by atoms with Crippen LogP contribution in [0.1, 0.15) is 56.6 Å². The van der Waals surface area contributed by atoms with Crippen molar-refractivity contribution in [3.63, 3.8) is 0 Å². The molecule has 142 valence electrons. The van der Waals surface area contributed by atoms with E-state index in [9.17, 15) is 13.2 Å². The number of β-lactam (4-membered cyclic amide) rings is 1. The summed E-state index contributed by atoms with van der Waals surface area (Å²) in [4.78, 5) is 15.4. The average Bonchev–Trinajstić information content (AvgIpc) is 2.66. The number of rotatable bonds is 3. The summed E-state index contributed by atoms with van der Waals surface area (Å²) >= 11 is 0. The summed E-state index contributed by atoms with van der Waals surface area (Å²) in [7, 11) is -3.14. The molecule has 3 fully saturated rings. The number of likely N-dealkylation sites (tertiary alicyclic amines) is 1. The SMILES string of the molecule is CS(=O)(=O)N1CCC(N2C(=O)C3(CCCCC3)C2c2ccccc2)CC1. The molecule has 0 radical (unpaired) electrons. The van der Waals surface area contributed by atoms with Crippen LogP contribution in [0.15, 0.2) is 30.3 Å². The van der Waals surface area contributed by atoms with Crippen molar-refractivity contribution in [3.8, 4) is 0 Å². The van der Waals surface area contributed by atoms with E-state index in [2.05, 4.69) is 29.2 Å². The first-order chi connectivity index (χ1) is 12.4. The first-order valence-corrected chi connectivity index (χ1v) is 11.6. The number of nitrogens with zero attached hydrogens (tertiary/aromatic N) is 2. The van der Waals surface area contributed by atoms with E-state index in [0.717, 1.165) is 38.5 Å². The Balaban J connectivity index is 1.58. The van der Waals surface area contributed by atoms with Crippen LogP contribution in [-0.4, -0.2) is 48.9 Å². The fourth-order valence-electron chi connectivity index (χ4n) is 5.30. The maximum Gasteiger partial charge on any atom is 0.232 e. The second-order valence-corrected chi connectivity index (χ2v) is 10.1. The van der Waals surface area contributed by atoms with Crippen molar-refractivity contribution >= 4 is 15.9 Å². The fraction of sp³-hybridized carbons (Fsp3) is 0.650. The summed E-state index contributed by atoms with van der Waals surface area (Å²) in [5, 5.41) is 0. The third-order valence-corrected chi connectivity index (χ3v) is 7.91. The van der Waals surface area contributed by atoms with Gasteiger partial charge in [-0.2, -0.15) is 0 Å². The van der Waals surface area contributed by atoms with Gasteiger partial charge in [-0.15, -0.1) is 0 Å². The van der Waals surface area contributed by atoms with Crippen LogP contribution in [0, 0.1) is 5.41 Å². The van der Waals surface area contributed by atoms with Crippen LogP contribution in [0.2, 0.25) is 0 Å². The van der Waals surface area contributed by atoms with Gasteiger partial charge in [0.25, 0.3) is 0 Å². The lowest BCUT2D eigenvalue weighted by molar-refractivity contribution is -0.186. The molecule has 2 heterocycles. The number of piperidine rings is 1. The molecule has 1 aromatic rings. The van der Waals surface area contributed by atoms with Gasteiger partial charge in [-0.3, -0.25) is 4.79 Å². The summed E-state index contributed by atoms with van der Waals surface area (Å²) < 4.78 is 25.1. The van der Waals surface area contributed by atoms with E-state index in [1.165, 1.54) is 18.2 Å². The van der Waals surface area contributed by atoms with Gasteiger partial charge in [0.2, 0.25) is 15.9 Å². The Morgan fingerprint density at radius 2 is 1.62 bits per heavy atom. The minimum Gasteiger partial charge on any atom is -0.331 e. The fourth-order valence-corrected chi connectivity index (χ4v) is 6.18. The van der Waals surface area contributed by atoms with E-state index in [4.69, 9.17) is 0 Å². The van der Waals surface area contributed by atoms with Gasteiger partial charge < -0.3 is 4.90 Å². The quantitative estimate of drug-likeness (QED) is 0.762. The topological polar surface area (TPSA) is 57.7 Å². The molecule has 26 heavy (non-hydrogen) atoms. The third-order valence-electron chi connectivity index (χ3n) is 6.61. The van der Waals surface area contributed by atoms with Crippen LogP contribution in [-0.2, 0) is 14.8 Å². The number of hydrogen-bond donors (Lipinski definition) is 0. The molecular formula is C20H28N2O3S. The predicted molar refractivity (Wildman–Crippen MR) is 101 cm³/mol. The molecule has 3 aliphatic rings. The largest absolute Gasteiger partial charge is 0.331 e. The third kappa shape index (κ3) is 2.87. The average molecular weight is 377 g/mol. The van der Waals surface area contributed by atoms with Gasteiger partial charge in [-0.1, -0.05) is 49.6 Å². The molecule has 2 saturated heterocycles. The lowest BCUT2D eigenvalue weighted by atomic mass is 9.59. The van der Waals surface area contributed by atoms with Crippen molar-refractivity contribution < 1.29 is 13.2 Å². The lowest BCUT2D eigenvalue weighted by Crippen LogP contribution is -2.67. The van der Waals surface area contributed by atoms with Gasteiger partial charge in [0.05, 0.1) is 17.7 Å². The highest BCUT2D eigenvalue weighted by Crippen LogP contribution is 2.59. The summed E-state index contributed by atoms with van der Waals surface area (Å²) in [5.41, 5.74) is 1.02. The summed E-state index contributed by atoms with van der Waals surface area (Å²) in [5.74, 6) is 0.309. The zero-order chi connectivity index (χ0) is 18.4. The van der Waals surface area contributed by atoms with Gasteiger partial charge >= 0.3 is 0 Å². The summed E-state index contributed by atoms with van der Waals surface area (Å²) in [6, 6.07) is 10.7. The molecule has 1 saturated carbocycles. The van der Waals surface area contributed by atoms with E-state index in [1.807, 2.05) is 6.07 Å². The molecule has 1 aliphatic carbocycles. The smallest absolute Gasteiger partial charge is 0.232 e. The minimum absolute atomic E-state index is 0.151. The molecule has 0 N–H and O–H groups in total. The standard InChI is InChI=1S/C20H28N2O3S/c1-26(24,25)21-14-10-17(11-15-21)22-18(16-8-4-2-5-9-16)20(19(22)23)12-6-3-7-13-20/h2,4-5,8-9,17-18H,3,6-7,10-15H2,1H3. The first kappa shape index (κ1) is 18.0. The first-order valence-electron chi connectivity index (χ1n) is 9.76. The molecule has 6 heteroatoms. The highest BCUT2D eigenvalue weighted by molar-refractivity contribution is 7.88. The van der Waals surface area contributed by atoms with Crippen LogP contribution in [0.3, 0.4) is 0 Å². The molecule has 2 aliphatic heterocycles. The zero-order valence-corrected chi connectivity index (χ0v) is 16.2.